The van der Waals surface area contributed by atoms with Gasteiger partial charge in [0.2, 0.25) is 5.91 Å². The van der Waals surface area contributed by atoms with Crippen LogP contribution in [0.25, 0.3) is 0 Å². The molecule has 0 saturated carbocycles. The van der Waals surface area contributed by atoms with Gasteiger partial charge in [-0.1, -0.05) is 28.9 Å². The van der Waals surface area contributed by atoms with Gasteiger partial charge in [-0.2, -0.15) is 0 Å². The Labute approximate surface area is 157 Å². The van der Waals surface area contributed by atoms with Gasteiger partial charge in [-0.3, -0.25) is 9.69 Å². The summed E-state index contributed by atoms with van der Waals surface area (Å²) in [5, 5.41) is 4.70. The van der Waals surface area contributed by atoms with Crippen molar-refractivity contribution in [1.29, 1.82) is 0 Å². The number of hydrogen-bond acceptors (Lipinski definition) is 5. The van der Waals surface area contributed by atoms with Crippen molar-refractivity contribution < 1.29 is 9.32 Å². The maximum Gasteiger partial charge on any atom is 0.233 e. The minimum absolute atomic E-state index is 0.168. The number of aryl methyl sites for hydroxylation is 2. The van der Waals surface area contributed by atoms with E-state index >= 15 is 0 Å². The average Bonchev–Trinajstić information content (AvgIpc) is 2.93. The Morgan fingerprint density at radius 3 is 2.60 bits per heavy atom. The molecule has 0 N–H and O–H groups in total. The van der Waals surface area contributed by atoms with Crippen molar-refractivity contribution in [3.63, 3.8) is 0 Å². The van der Waals surface area contributed by atoms with Gasteiger partial charge in [0, 0.05) is 43.2 Å². The van der Waals surface area contributed by atoms with Gasteiger partial charge >= 0.3 is 0 Å². The number of hydrogen-bond donors (Lipinski definition) is 0. The summed E-state index contributed by atoms with van der Waals surface area (Å²) in [6.45, 7) is 7.99. The van der Waals surface area contributed by atoms with Crippen LogP contribution < -0.4 is 0 Å². The predicted octanol–water partition coefficient (Wildman–Crippen LogP) is 3.38. The van der Waals surface area contributed by atoms with E-state index in [0.29, 0.717) is 10.8 Å². The number of benzene rings is 1. The molecule has 7 heteroatoms. The Kier molecular flexibility index (Phi) is 6.04. The summed E-state index contributed by atoms with van der Waals surface area (Å²) < 4.78 is 5.23. The molecule has 1 aromatic carbocycles. The Bertz CT molecular complexity index is 722. The highest BCUT2D eigenvalue weighted by Gasteiger charge is 2.23. The quantitative estimate of drug-likeness (QED) is 0.745. The second-order valence-electron chi connectivity index (χ2n) is 6.18. The van der Waals surface area contributed by atoms with E-state index < -0.39 is 0 Å². The maximum absolute atomic E-state index is 12.4. The molecule has 134 valence electrons. The number of thioether (sulfide) groups is 1. The summed E-state index contributed by atoms with van der Waals surface area (Å²) in [7, 11) is 0. The fourth-order valence-electron chi connectivity index (χ4n) is 2.90. The van der Waals surface area contributed by atoms with Crippen molar-refractivity contribution in [3.8, 4) is 0 Å². The zero-order valence-corrected chi connectivity index (χ0v) is 16.1. The van der Waals surface area contributed by atoms with Crippen LogP contribution >= 0.6 is 23.4 Å². The lowest BCUT2D eigenvalue weighted by Gasteiger charge is -2.34. The van der Waals surface area contributed by atoms with Crippen molar-refractivity contribution in [2.75, 3.05) is 31.9 Å². The Balaban J connectivity index is 1.47. The number of nitrogens with zero attached hydrogens (tertiary/aromatic N) is 3. The van der Waals surface area contributed by atoms with E-state index in [-0.39, 0.29) is 5.91 Å². The molecule has 1 aliphatic rings. The molecule has 0 atom stereocenters. The highest BCUT2D eigenvalue weighted by molar-refractivity contribution is 8.00. The number of carbonyl (C=O) groups excluding carboxylic acids is 1. The molecule has 0 spiro atoms. The molecule has 1 saturated heterocycles. The SMILES string of the molecule is Cc1noc(C)c1CN1CCN(C(=O)CSc2ccccc2Cl)CC1. The van der Waals surface area contributed by atoms with E-state index in [4.69, 9.17) is 16.1 Å². The van der Waals surface area contributed by atoms with Crippen LogP contribution in [0.4, 0.5) is 0 Å². The topological polar surface area (TPSA) is 49.6 Å². The third kappa shape index (κ3) is 4.57. The summed E-state index contributed by atoms with van der Waals surface area (Å²) >= 11 is 7.64. The largest absolute Gasteiger partial charge is 0.361 e. The van der Waals surface area contributed by atoms with E-state index in [0.717, 1.165) is 54.6 Å². The van der Waals surface area contributed by atoms with Gasteiger partial charge in [0.05, 0.1) is 16.5 Å². The van der Waals surface area contributed by atoms with Gasteiger partial charge in [0.25, 0.3) is 0 Å². The number of carbonyl (C=O) groups is 1. The van der Waals surface area contributed by atoms with E-state index in [9.17, 15) is 4.79 Å². The molecule has 0 aliphatic carbocycles. The third-order valence-electron chi connectivity index (χ3n) is 4.48. The van der Waals surface area contributed by atoms with Gasteiger partial charge in [0.1, 0.15) is 5.76 Å². The average molecular weight is 380 g/mol. The van der Waals surface area contributed by atoms with Crippen molar-refractivity contribution >= 4 is 29.3 Å². The van der Waals surface area contributed by atoms with Gasteiger partial charge in [-0.25, -0.2) is 0 Å². The van der Waals surface area contributed by atoms with Gasteiger partial charge in [0.15, 0.2) is 0 Å². The Hall–Kier alpha value is -1.50. The van der Waals surface area contributed by atoms with Crippen molar-refractivity contribution in [2.45, 2.75) is 25.3 Å². The first-order chi connectivity index (χ1) is 12.0. The number of halogens is 1. The van der Waals surface area contributed by atoms with Gasteiger partial charge < -0.3 is 9.42 Å². The smallest absolute Gasteiger partial charge is 0.233 e. The normalized spacial score (nSPS) is 15.6. The lowest BCUT2D eigenvalue weighted by atomic mass is 10.2. The highest BCUT2D eigenvalue weighted by atomic mass is 35.5. The number of rotatable bonds is 5. The molecule has 0 radical (unpaired) electrons. The number of amides is 1. The zero-order chi connectivity index (χ0) is 17.8. The van der Waals surface area contributed by atoms with Crippen LogP contribution in [0, 0.1) is 13.8 Å². The van der Waals surface area contributed by atoms with Crippen LogP contribution in [0.3, 0.4) is 0 Å². The first-order valence-corrected chi connectivity index (χ1v) is 9.70. The fourth-order valence-corrected chi connectivity index (χ4v) is 4.04. The van der Waals surface area contributed by atoms with Crippen LogP contribution in [-0.4, -0.2) is 52.8 Å². The molecular formula is C18H22ClN3O2S. The summed E-state index contributed by atoms with van der Waals surface area (Å²) in [6, 6.07) is 7.63. The van der Waals surface area contributed by atoms with Crippen LogP contribution in [-0.2, 0) is 11.3 Å². The van der Waals surface area contributed by atoms with Crippen molar-refractivity contribution in [1.82, 2.24) is 15.0 Å². The first kappa shape index (κ1) is 18.3. The molecule has 0 bridgehead atoms. The Morgan fingerprint density at radius 2 is 1.96 bits per heavy atom. The lowest BCUT2D eigenvalue weighted by Crippen LogP contribution is -2.48. The van der Waals surface area contributed by atoms with Crippen LogP contribution in [0.2, 0.25) is 5.02 Å². The van der Waals surface area contributed by atoms with Crippen molar-refractivity contribution in [3.05, 3.63) is 46.3 Å². The number of aromatic nitrogens is 1. The summed E-state index contributed by atoms with van der Waals surface area (Å²) in [4.78, 5) is 17.7. The summed E-state index contributed by atoms with van der Waals surface area (Å²) in [5.74, 6) is 1.47. The van der Waals surface area contributed by atoms with Gasteiger partial charge in [-0.15, -0.1) is 11.8 Å². The molecule has 0 unspecified atom stereocenters. The molecule has 5 nitrogen and oxygen atoms in total. The molecule has 2 heterocycles. The van der Waals surface area contributed by atoms with Gasteiger partial charge in [-0.05, 0) is 26.0 Å². The van der Waals surface area contributed by atoms with E-state index in [1.807, 2.05) is 43.0 Å². The van der Waals surface area contributed by atoms with Crippen molar-refractivity contribution in [2.24, 2.45) is 0 Å². The van der Waals surface area contributed by atoms with E-state index in [1.165, 1.54) is 11.8 Å². The molecule has 3 rings (SSSR count). The molecule has 1 fully saturated rings. The van der Waals surface area contributed by atoms with Crippen LogP contribution in [0.5, 0.6) is 0 Å². The monoisotopic (exact) mass is 379 g/mol. The molecule has 25 heavy (non-hydrogen) atoms. The number of piperazine rings is 1. The predicted molar refractivity (Wildman–Crippen MR) is 100 cm³/mol. The van der Waals surface area contributed by atoms with E-state index in [2.05, 4.69) is 10.1 Å². The standard InChI is InChI=1S/C18H22ClN3O2S/c1-13-15(14(2)24-20-13)11-21-7-9-22(10-8-21)18(23)12-25-17-6-4-3-5-16(17)19/h3-6H,7-12H2,1-2H3. The molecule has 1 aromatic heterocycles. The zero-order valence-electron chi connectivity index (χ0n) is 14.5. The highest BCUT2D eigenvalue weighted by Crippen LogP contribution is 2.26. The Morgan fingerprint density at radius 1 is 1.24 bits per heavy atom. The third-order valence-corrected chi connectivity index (χ3v) is 5.98. The maximum atomic E-state index is 12.4. The van der Waals surface area contributed by atoms with Crippen LogP contribution in [0.15, 0.2) is 33.7 Å². The van der Waals surface area contributed by atoms with Crippen LogP contribution in [0.1, 0.15) is 17.0 Å². The second-order valence-corrected chi connectivity index (χ2v) is 7.60. The van der Waals surface area contributed by atoms with E-state index in [1.54, 1.807) is 0 Å². The molecule has 1 amide bonds. The minimum Gasteiger partial charge on any atom is -0.361 e. The first-order valence-electron chi connectivity index (χ1n) is 8.34. The summed E-state index contributed by atoms with van der Waals surface area (Å²) in [6.07, 6.45) is 0. The second kappa shape index (κ2) is 8.25. The summed E-state index contributed by atoms with van der Waals surface area (Å²) in [5.41, 5.74) is 2.11. The lowest BCUT2D eigenvalue weighted by molar-refractivity contribution is -0.130. The molecular weight excluding hydrogens is 358 g/mol. The fraction of sp³-hybridized carbons (Fsp3) is 0.444. The molecule has 2 aromatic rings. The molecule has 1 aliphatic heterocycles. The minimum atomic E-state index is 0.168.